The van der Waals surface area contributed by atoms with Gasteiger partial charge in [-0.1, -0.05) is 15.9 Å². The molecule has 0 radical (unpaired) electrons. The van der Waals surface area contributed by atoms with Crippen LogP contribution in [0.15, 0.2) is 22.7 Å². The van der Waals surface area contributed by atoms with E-state index in [1.165, 1.54) is 37.1 Å². The number of nitrogens with one attached hydrogen (secondary N) is 1. The fourth-order valence-electron chi connectivity index (χ4n) is 2.79. The molecule has 0 bridgehead atoms. The Kier molecular flexibility index (Phi) is 5.14. The van der Waals surface area contributed by atoms with E-state index in [-0.39, 0.29) is 5.54 Å². The zero-order chi connectivity index (χ0) is 14.8. The summed E-state index contributed by atoms with van der Waals surface area (Å²) in [5, 5.41) is 3.61. The van der Waals surface area contributed by atoms with Gasteiger partial charge in [0.2, 0.25) is 0 Å². The van der Waals surface area contributed by atoms with Crippen LogP contribution in [0.5, 0.6) is 0 Å². The summed E-state index contributed by atoms with van der Waals surface area (Å²) in [5.74, 6) is 0. The van der Waals surface area contributed by atoms with Gasteiger partial charge in [0.05, 0.1) is 0 Å². The lowest BCUT2D eigenvalue weighted by Gasteiger charge is -2.37. The van der Waals surface area contributed by atoms with Crippen LogP contribution in [-0.2, 0) is 6.54 Å². The summed E-state index contributed by atoms with van der Waals surface area (Å²) in [6, 6.07) is 7.34. The van der Waals surface area contributed by atoms with Crippen LogP contribution < -0.4 is 10.2 Å². The molecule has 1 aliphatic heterocycles. The minimum atomic E-state index is 0.146. The van der Waals surface area contributed by atoms with Crippen LogP contribution in [0.2, 0.25) is 0 Å². The molecule has 0 aromatic heterocycles. The Labute approximate surface area is 132 Å². The van der Waals surface area contributed by atoms with E-state index in [4.69, 9.17) is 0 Å². The molecule has 0 saturated carbocycles. The zero-order valence-electron chi connectivity index (χ0n) is 13.2. The number of halogens is 1. The Morgan fingerprint density at radius 3 is 2.70 bits per heavy atom. The van der Waals surface area contributed by atoms with Gasteiger partial charge in [0.25, 0.3) is 0 Å². The first-order chi connectivity index (χ1) is 9.37. The first kappa shape index (κ1) is 15.8. The molecule has 1 heterocycles. The number of hydrogen-bond donors (Lipinski definition) is 1. The molecule has 1 aromatic rings. The molecule has 1 fully saturated rings. The molecule has 0 aliphatic carbocycles. The molecular formula is C17H27BrN2. The number of piperidine rings is 1. The van der Waals surface area contributed by atoms with Crippen LogP contribution in [0.1, 0.15) is 52.5 Å². The Morgan fingerprint density at radius 2 is 2.05 bits per heavy atom. The first-order valence-electron chi connectivity index (χ1n) is 7.67. The highest BCUT2D eigenvalue weighted by molar-refractivity contribution is 9.10. The predicted octanol–water partition coefficient (Wildman–Crippen LogP) is 4.72. The maximum absolute atomic E-state index is 3.61. The lowest BCUT2D eigenvalue weighted by Crippen LogP contribution is -2.39. The molecule has 1 atom stereocenters. The molecule has 2 rings (SSSR count). The van der Waals surface area contributed by atoms with E-state index >= 15 is 0 Å². The van der Waals surface area contributed by atoms with E-state index in [9.17, 15) is 0 Å². The maximum atomic E-state index is 3.61. The summed E-state index contributed by atoms with van der Waals surface area (Å²) in [7, 11) is 0. The third-order valence-electron chi connectivity index (χ3n) is 3.96. The summed E-state index contributed by atoms with van der Waals surface area (Å²) in [6.07, 6.45) is 3.98. The summed E-state index contributed by atoms with van der Waals surface area (Å²) in [6.45, 7) is 11.1. The Morgan fingerprint density at radius 1 is 1.30 bits per heavy atom. The molecule has 1 saturated heterocycles. The summed E-state index contributed by atoms with van der Waals surface area (Å²) < 4.78 is 1.16. The molecule has 3 heteroatoms. The molecule has 1 unspecified atom stereocenters. The van der Waals surface area contributed by atoms with E-state index in [0.29, 0.717) is 6.04 Å². The van der Waals surface area contributed by atoms with Crippen LogP contribution >= 0.6 is 15.9 Å². The van der Waals surface area contributed by atoms with E-state index in [0.717, 1.165) is 11.0 Å². The van der Waals surface area contributed by atoms with Crippen molar-refractivity contribution in [3.63, 3.8) is 0 Å². The molecule has 20 heavy (non-hydrogen) atoms. The second kappa shape index (κ2) is 6.48. The van der Waals surface area contributed by atoms with Crippen molar-refractivity contribution in [2.75, 3.05) is 11.4 Å². The summed E-state index contributed by atoms with van der Waals surface area (Å²) in [5.41, 5.74) is 2.94. The molecule has 1 aromatic carbocycles. The van der Waals surface area contributed by atoms with Crippen molar-refractivity contribution in [3.05, 3.63) is 28.2 Å². The average Bonchev–Trinajstić information content (AvgIpc) is 2.37. The lowest BCUT2D eigenvalue weighted by molar-refractivity contribution is 0.422. The molecule has 112 valence electrons. The fraction of sp³-hybridized carbons (Fsp3) is 0.647. The highest BCUT2D eigenvalue weighted by Crippen LogP contribution is 2.30. The topological polar surface area (TPSA) is 15.3 Å². The molecule has 2 nitrogen and oxygen atoms in total. The number of anilines is 1. The predicted molar refractivity (Wildman–Crippen MR) is 91.4 cm³/mol. The SMILES string of the molecule is CC1CCCCN1c1ccc(Br)cc1CNC(C)(C)C. The van der Waals surface area contributed by atoms with Crippen LogP contribution in [-0.4, -0.2) is 18.1 Å². The van der Waals surface area contributed by atoms with Gasteiger partial charge in [-0.2, -0.15) is 0 Å². The normalized spacial score (nSPS) is 20.2. The highest BCUT2D eigenvalue weighted by atomic mass is 79.9. The van der Waals surface area contributed by atoms with Crippen molar-refractivity contribution < 1.29 is 0 Å². The quantitative estimate of drug-likeness (QED) is 0.857. The van der Waals surface area contributed by atoms with Crippen LogP contribution in [0.25, 0.3) is 0 Å². The van der Waals surface area contributed by atoms with E-state index in [2.05, 4.69) is 72.0 Å². The first-order valence-corrected chi connectivity index (χ1v) is 8.46. The van der Waals surface area contributed by atoms with Gasteiger partial charge < -0.3 is 10.2 Å². The maximum Gasteiger partial charge on any atom is 0.0415 e. The number of hydrogen-bond acceptors (Lipinski definition) is 2. The van der Waals surface area contributed by atoms with E-state index < -0.39 is 0 Å². The van der Waals surface area contributed by atoms with Crippen LogP contribution in [0, 0.1) is 0 Å². The molecule has 0 spiro atoms. The Bertz CT molecular complexity index is 451. The minimum absolute atomic E-state index is 0.146. The number of rotatable bonds is 3. The highest BCUT2D eigenvalue weighted by Gasteiger charge is 2.21. The minimum Gasteiger partial charge on any atom is -0.369 e. The molecular weight excluding hydrogens is 312 g/mol. The van der Waals surface area contributed by atoms with Crippen molar-refractivity contribution in [2.24, 2.45) is 0 Å². The third-order valence-corrected chi connectivity index (χ3v) is 4.46. The van der Waals surface area contributed by atoms with Crippen LogP contribution in [0.4, 0.5) is 5.69 Å². The molecule has 1 aliphatic rings. The average molecular weight is 339 g/mol. The van der Waals surface area contributed by atoms with Gasteiger partial charge in [0, 0.05) is 34.8 Å². The largest absolute Gasteiger partial charge is 0.369 e. The number of nitrogens with zero attached hydrogens (tertiary/aromatic N) is 1. The Balaban J connectivity index is 2.23. The summed E-state index contributed by atoms with van der Waals surface area (Å²) >= 11 is 3.61. The smallest absolute Gasteiger partial charge is 0.0415 e. The summed E-state index contributed by atoms with van der Waals surface area (Å²) in [4.78, 5) is 2.58. The van der Waals surface area contributed by atoms with Crippen LogP contribution in [0.3, 0.4) is 0 Å². The van der Waals surface area contributed by atoms with Crippen molar-refractivity contribution in [1.29, 1.82) is 0 Å². The zero-order valence-corrected chi connectivity index (χ0v) is 14.8. The standard InChI is InChI=1S/C17H27BrN2/c1-13-7-5-6-10-20(13)16-9-8-15(18)11-14(16)12-19-17(2,3)4/h8-9,11,13,19H,5-7,10,12H2,1-4H3. The fourth-order valence-corrected chi connectivity index (χ4v) is 3.20. The van der Waals surface area contributed by atoms with Gasteiger partial charge in [0.1, 0.15) is 0 Å². The van der Waals surface area contributed by atoms with E-state index in [1.54, 1.807) is 0 Å². The second-order valence-corrected chi connectivity index (χ2v) is 7.83. The molecule has 1 N–H and O–H groups in total. The third kappa shape index (κ3) is 4.23. The van der Waals surface area contributed by atoms with Gasteiger partial charge in [-0.25, -0.2) is 0 Å². The number of benzene rings is 1. The lowest BCUT2D eigenvalue weighted by atomic mass is 10.0. The Hall–Kier alpha value is -0.540. The van der Waals surface area contributed by atoms with Gasteiger partial charge in [0.15, 0.2) is 0 Å². The van der Waals surface area contributed by atoms with Crippen molar-refractivity contribution in [3.8, 4) is 0 Å². The monoisotopic (exact) mass is 338 g/mol. The second-order valence-electron chi connectivity index (χ2n) is 6.91. The van der Waals surface area contributed by atoms with E-state index in [1.807, 2.05) is 0 Å². The van der Waals surface area contributed by atoms with Crippen molar-refractivity contribution >= 4 is 21.6 Å². The van der Waals surface area contributed by atoms with Gasteiger partial charge >= 0.3 is 0 Å². The van der Waals surface area contributed by atoms with Crippen molar-refractivity contribution in [2.45, 2.75) is 65.1 Å². The van der Waals surface area contributed by atoms with Crippen molar-refractivity contribution in [1.82, 2.24) is 5.32 Å². The van der Waals surface area contributed by atoms with Gasteiger partial charge in [-0.3, -0.25) is 0 Å². The van der Waals surface area contributed by atoms with Gasteiger partial charge in [-0.05, 0) is 70.7 Å². The molecule has 0 amide bonds. The van der Waals surface area contributed by atoms with Gasteiger partial charge in [-0.15, -0.1) is 0 Å².